The molecule has 8 nitrogen and oxygen atoms in total. The summed E-state index contributed by atoms with van der Waals surface area (Å²) in [6, 6.07) is 11.8. The molecule has 0 spiro atoms. The third-order valence-electron chi connectivity index (χ3n) is 5.40. The first-order valence-corrected chi connectivity index (χ1v) is 10.2. The van der Waals surface area contributed by atoms with Gasteiger partial charge in [-0.15, -0.1) is 0 Å². The highest BCUT2D eigenvalue weighted by Gasteiger charge is 2.39. The summed E-state index contributed by atoms with van der Waals surface area (Å²) in [5.41, 5.74) is 1.56. The van der Waals surface area contributed by atoms with Crippen LogP contribution in [0, 0.1) is 0 Å². The number of nitrogens with one attached hydrogen (secondary N) is 2. The lowest BCUT2D eigenvalue weighted by atomic mass is 10.0. The normalized spacial score (nSPS) is 18.5. The Labute approximate surface area is 175 Å². The monoisotopic (exact) mass is 420 g/mol. The quantitative estimate of drug-likeness (QED) is 0.632. The molecule has 0 aliphatic carbocycles. The number of rotatable bonds is 3. The van der Waals surface area contributed by atoms with Crippen molar-refractivity contribution in [2.75, 3.05) is 5.32 Å². The van der Waals surface area contributed by atoms with Crippen molar-refractivity contribution >= 4 is 51.1 Å². The molecule has 2 aromatic carbocycles. The Kier molecular flexibility index (Phi) is 4.32. The molecule has 30 heavy (non-hydrogen) atoms. The standard InChI is InChI=1S/C21H16N4O4S/c26-17-8-7-15(20(28)22-17)25-10-12-9-11(5-6-13(12)21(25)29)19(27)23-18-14-3-1-2-4-16(14)30-24-18/h1-6,9,15H,7-8,10H2,(H,22,26,28)(H,23,24,27). The van der Waals surface area contributed by atoms with Gasteiger partial charge >= 0.3 is 0 Å². The molecule has 1 aromatic heterocycles. The number of hydrogen-bond donors (Lipinski definition) is 2. The van der Waals surface area contributed by atoms with Crippen LogP contribution in [0.25, 0.3) is 10.1 Å². The predicted octanol–water partition coefficient (Wildman–Crippen LogP) is 2.31. The lowest BCUT2D eigenvalue weighted by Gasteiger charge is -2.29. The number of anilines is 1. The van der Waals surface area contributed by atoms with Crippen LogP contribution in [0.3, 0.4) is 0 Å². The molecule has 1 fully saturated rings. The molecule has 1 unspecified atom stereocenters. The van der Waals surface area contributed by atoms with Crippen LogP contribution in [0.15, 0.2) is 42.5 Å². The molecular formula is C21H16N4O4S. The predicted molar refractivity (Wildman–Crippen MR) is 110 cm³/mol. The zero-order chi connectivity index (χ0) is 20.8. The minimum Gasteiger partial charge on any atom is -0.322 e. The van der Waals surface area contributed by atoms with E-state index in [-0.39, 0.29) is 30.7 Å². The van der Waals surface area contributed by atoms with E-state index in [1.807, 2.05) is 24.3 Å². The average molecular weight is 420 g/mol. The van der Waals surface area contributed by atoms with Gasteiger partial charge in [-0.05, 0) is 53.8 Å². The molecule has 2 aliphatic rings. The molecule has 2 aliphatic heterocycles. The molecule has 3 heterocycles. The van der Waals surface area contributed by atoms with Crippen LogP contribution in [0.5, 0.6) is 0 Å². The highest BCUT2D eigenvalue weighted by molar-refractivity contribution is 7.13. The summed E-state index contributed by atoms with van der Waals surface area (Å²) in [5.74, 6) is -0.866. The van der Waals surface area contributed by atoms with Crippen molar-refractivity contribution in [3.05, 3.63) is 59.2 Å². The van der Waals surface area contributed by atoms with E-state index in [0.29, 0.717) is 28.9 Å². The maximum atomic E-state index is 12.8. The lowest BCUT2D eigenvalue weighted by molar-refractivity contribution is -0.136. The summed E-state index contributed by atoms with van der Waals surface area (Å²) in [6.45, 7) is 0.223. The van der Waals surface area contributed by atoms with Crippen molar-refractivity contribution in [3.63, 3.8) is 0 Å². The highest BCUT2D eigenvalue weighted by atomic mass is 32.1. The Hall–Kier alpha value is -3.59. The Morgan fingerprint density at radius 1 is 1.17 bits per heavy atom. The van der Waals surface area contributed by atoms with Gasteiger partial charge < -0.3 is 10.2 Å². The number of imide groups is 1. The van der Waals surface area contributed by atoms with Gasteiger partial charge in [0.25, 0.3) is 11.8 Å². The number of aromatic nitrogens is 1. The number of carbonyl (C=O) groups excluding carboxylic acids is 4. The van der Waals surface area contributed by atoms with Gasteiger partial charge in [0, 0.05) is 29.5 Å². The van der Waals surface area contributed by atoms with E-state index in [4.69, 9.17) is 0 Å². The maximum absolute atomic E-state index is 12.8. The number of fused-ring (bicyclic) bond motifs is 2. The van der Waals surface area contributed by atoms with Gasteiger partial charge in [-0.25, -0.2) is 0 Å². The van der Waals surface area contributed by atoms with Crippen LogP contribution in [-0.4, -0.2) is 38.9 Å². The van der Waals surface area contributed by atoms with Crippen molar-refractivity contribution in [2.24, 2.45) is 0 Å². The van der Waals surface area contributed by atoms with Crippen molar-refractivity contribution < 1.29 is 19.2 Å². The van der Waals surface area contributed by atoms with Gasteiger partial charge in [0.2, 0.25) is 11.8 Å². The number of hydrogen-bond acceptors (Lipinski definition) is 6. The largest absolute Gasteiger partial charge is 0.322 e. The van der Waals surface area contributed by atoms with E-state index in [9.17, 15) is 19.2 Å². The molecule has 3 aromatic rings. The Bertz CT molecular complexity index is 1230. The lowest BCUT2D eigenvalue weighted by Crippen LogP contribution is -2.52. The molecule has 1 saturated heterocycles. The molecule has 2 N–H and O–H groups in total. The van der Waals surface area contributed by atoms with Crippen molar-refractivity contribution in [3.8, 4) is 0 Å². The average Bonchev–Trinajstić information content (AvgIpc) is 3.29. The van der Waals surface area contributed by atoms with E-state index in [0.717, 1.165) is 10.1 Å². The summed E-state index contributed by atoms with van der Waals surface area (Å²) in [4.78, 5) is 50.5. The molecule has 9 heteroatoms. The van der Waals surface area contributed by atoms with Crippen molar-refractivity contribution in [1.29, 1.82) is 0 Å². The Morgan fingerprint density at radius 2 is 2.00 bits per heavy atom. The van der Waals surface area contributed by atoms with E-state index < -0.39 is 11.9 Å². The number of nitrogens with zero attached hydrogens (tertiary/aromatic N) is 2. The number of amides is 4. The molecule has 1 atom stereocenters. The van der Waals surface area contributed by atoms with Gasteiger partial charge in [-0.1, -0.05) is 12.1 Å². The fourth-order valence-electron chi connectivity index (χ4n) is 3.87. The second kappa shape index (κ2) is 7.03. The van der Waals surface area contributed by atoms with Crippen LogP contribution in [-0.2, 0) is 16.1 Å². The van der Waals surface area contributed by atoms with Crippen molar-refractivity contribution in [2.45, 2.75) is 25.4 Å². The van der Waals surface area contributed by atoms with Crippen LogP contribution >= 0.6 is 11.5 Å². The first-order valence-electron chi connectivity index (χ1n) is 9.44. The topological polar surface area (TPSA) is 108 Å². The molecular weight excluding hydrogens is 404 g/mol. The van der Waals surface area contributed by atoms with Gasteiger partial charge in [-0.3, -0.25) is 24.5 Å². The molecule has 0 saturated carbocycles. The highest BCUT2D eigenvalue weighted by Crippen LogP contribution is 2.29. The molecule has 5 rings (SSSR count). The van der Waals surface area contributed by atoms with Crippen LogP contribution in [0.4, 0.5) is 5.82 Å². The van der Waals surface area contributed by atoms with Crippen LogP contribution in [0.1, 0.15) is 39.1 Å². The van der Waals surface area contributed by atoms with Gasteiger partial charge in [-0.2, -0.15) is 4.37 Å². The van der Waals surface area contributed by atoms with Gasteiger partial charge in [0.15, 0.2) is 5.82 Å². The number of carbonyl (C=O) groups is 4. The van der Waals surface area contributed by atoms with Crippen LogP contribution < -0.4 is 10.6 Å². The second-order valence-corrected chi connectivity index (χ2v) is 8.06. The summed E-state index contributed by atoms with van der Waals surface area (Å²) in [6.07, 6.45) is 0.500. The molecule has 0 bridgehead atoms. The zero-order valence-corrected chi connectivity index (χ0v) is 16.5. The first-order chi connectivity index (χ1) is 14.5. The van der Waals surface area contributed by atoms with Gasteiger partial charge in [0.1, 0.15) is 6.04 Å². The number of piperidine rings is 1. The van der Waals surface area contributed by atoms with Crippen LogP contribution in [0.2, 0.25) is 0 Å². The minimum atomic E-state index is -0.679. The van der Waals surface area contributed by atoms with Gasteiger partial charge in [0.05, 0.1) is 4.70 Å². The smallest absolute Gasteiger partial charge is 0.256 e. The van der Waals surface area contributed by atoms with E-state index >= 15 is 0 Å². The zero-order valence-electron chi connectivity index (χ0n) is 15.7. The maximum Gasteiger partial charge on any atom is 0.256 e. The Morgan fingerprint density at radius 3 is 2.83 bits per heavy atom. The van der Waals surface area contributed by atoms with E-state index in [1.54, 1.807) is 18.2 Å². The van der Waals surface area contributed by atoms with E-state index in [2.05, 4.69) is 15.0 Å². The summed E-state index contributed by atoms with van der Waals surface area (Å²) in [7, 11) is 0. The summed E-state index contributed by atoms with van der Waals surface area (Å²) >= 11 is 1.31. The molecule has 0 radical (unpaired) electrons. The fourth-order valence-corrected chi connectivity index (χ4v) is 4.61. The van der Waals surface area contributed by atoms with E-state index in [1.165, 1.54) is 16.4 Å². The summed E-state index contributed by atoms with van der Waals surface area (Å²) in [5, 5.41) is 5.98. The molecule has 4 amide bonds. The number of benzene rings is 2. The third kappa shape index (κ3) is 3.03. The fraction of sp³-hybridized carbons (Fsp3) is 0.190. The SMILES string of the molecule is O=C1CCC(N2Cc3cc(C(=O)Nc4nsc5ccccc45)ccc3C2=O)C(=O)N1. The second-order valence-electron chi connectivity index (χ2n) is 7.25. The first kappa shape index (κ1) is 18.4. The third-order valence-corrected chi connectivity index (χ3v) is 6.22. The summed E-state index contributed by atoms with van der Waals surface area (Å²) < 4.78 is 5.29. The molecule has 150 valence electrons. The Balaban J connectivity index is 1.37. The van der Waals surface area contributed by atoms with Crippen molar-refractivity contribution in [1.82, 2.24) is 14.6 Å². The minimum absolute atomic E-state index is 0.200.